The molecule has 1 aromatic carbocycles. The van der Waals surface area contributed by atoms with Crippen LogP contribution in [0.15, 0.2) is 59.2 Å². The van der Waals surface area contributed by atoms with Crippen LogP contribution in [0, 0.1) is 17.3 Å². The molecule has 0 radical (unpaired) electrons. The molecule has 4 aliphatic carbocycles. The van der Waals surface area contributed by atoms with Crippen LogP contribution in [0.4, 0.5) is 0 Å². The molecule has 0 aromatic heterocycles. The van der Waals surface area contributed by atoms with Crippen LogP contribution in [0.2, 0.25) is 0 Å². The summed E-state index contributed by atoms with van der Waals surface area (Å²) in [6.07, 6.45) is 9.65. The molecule has 9 heteroatoms. The Morgan fingerprint density at radius 1 is 0.976 bits per heavy atom. The lowest BCUT2D eigenvalue weighted by Gasteiger charge is -2.55. The second kappa shape index (κ2) is 13.9. The number of carbonyl (C=O) groups excluding carboxylic acids is 1. The number of hydrogen-bond acceptors (Lipinski definition) is 5. The smallest absolute Gasteiger partial charge is 0.360 e. The molecule has 5 aliphatic rings. The molecule has 0 amide bonds. The zero-order chi connectivity index (χ0) is 25.3. The van der Waals surface area contributed by atoms with E-state index in [0.29, 0.717) is 23.6 Å². The van der Waals surface area contributed by atoms with E-state index in [9.17, 15) is 9.36 Å². The van der Waals surface area contributed by atoms with Crippen molar-refractivity contribution in [3.8, 4) is 0 Å². The van der Waals surface area contributed by atoms with Gasteiger partial charge in [-0.25, -0.2) is 0 Å². The predicted molar refractivity (Wildman–Crippen MR) is 185 cm³/mol. The normalized spacial score (nSPS) is 31.7. The summed E-state index contributed by atoms with van der Waals surface area (Å²) in [4.78, 5) is 12.3. The van der Waals surface area contributed by atoms with Crippen LogP contribution in [-0.4, -0.2) is 32.2 Å². The number of rotatable bonds is 4. The molecule has 41 heavy (non-hydrogen) atoms. The van der Waals surface area contributed by atoms with Crippen molar-refractivity contribution < 1.29 is 23.1 Å². The van der Waals surface area contributed by atoms with Crippen LogP contribution in [-0.2, 0) is 23.1 Å². The largest absolute Gasteiger partial charge is 0.370 e. The highest BCUT2D eigenvalue weighted by atomic mass is 32.1. The molecule has 1 aromatic rings. The van der Waals surface area contributed by atoms with E-state index < -0.39 is 7.60 Å². The summed E-state index contributed by atoms with van der Waals surface area (Å²) in [5.74, 6) is 1.55. The second-order valence-corrected chi connectivity index (χ2v) is 13.8. The minimum atomic E-state index is -3.30. The molecular weight excluding hydrogens is 592 g/mol. The van der Waals surface area contributed by atoms with E-state index in [1.807, 2.05) is 18.2 Å². The number of fused-ring (bicyclic) bond motifs is 5. The van der Waals surface area contributed by atoms with Crippen molar-refractivity contribution in [3.05, 3.63) is 64.8 Å². The maximum absolute atomic E-state index is 13.0. The van der Waals surface area contributed by atoms with Gasteiger partial charge in [0.15, 0.2) is 5.78 Å². The van der Waals surface area contributed by atoms with Crippen molar-refractivity contribution in [1.82, 2.24) is 0 Å². The van der Waals surface area contributed by atoms with Gasteiger partial charge in [0.2, 0.25) is 0 Å². The monoisotopic (exact) mass is 642 g/mol. The van der Waals surface area contributed by atoms with Crippen LogP contribution in [0.3, 0.4) is 0 Å². The Hall–Kier alpha value is -0.730. The first-order valence-electron chi connectivity index (χ1n) is 13.4. The summed E-state index contributed by atoms with van der Waals surface area (Å²) >= 11 is 0. The van der Waals surface area contributed by atoms with Gasteiger partial charge in [-0.15, -0.1) is 0 Å². The van der Waals surface area contributed by atoms with Gasteiger partial charge in [0.1, 0.15) is 0 Å². The van der Waals surface area contributed by atoms with Gasteiger partial charge >= 0.3 is 7.60 Å². The number of carbonyl (C=O) groups is 1. The zero-order valence-corrected chi connectivity index (χ0v) is 27.1. The fourth-order valence-corrected chi connectivity index (χ4v) is 9.68. The molecule has 1 heterocycles. The van der Waals surface area contributed by atoms with E-state index in [0.717, 1.165) is 45.1 Å². The Bertz CT molecular complexity index is 1230. The molecule has 0 N–H and O–H groups in total. The molecule has 3 fully saturated rings. The van der Waals surface area contributed by atoms with Crippen LogP contribution < -0.4 is 5.30 Å². The molecule has 0 unspecified atom stereocenters. The number of benzene rings is 1. The molecule has 1 spiro atoms. The van der Waals surface area contributed by atoms with Gasteiger partial charge < -0.3 is 13.8 Å². The average Bonchev–Trinajstić information content (AvgIpc) is 3.42. The lowest BCUT2D eigenvalue weighted by Crippen LogP contribution is -2.52. The van der Waals surface area contributed by atoms with E-state index in [-0.39, 0.29) is 78.1 Å². The fourth-order valence-electron chi connectivity index (χ4n) is 8.59. The topological polar surface area (TPSA) is 61.8 Å². The average molecular weight is 643 g/mol. The third kappa shape index (κ3) is 5.65. The molecule has 232 valence electrons. The summed E-state index contributed by atoms with van der Waals surface area (Å²) in [6, 6.07) is 8.02. The molecule has 1 aliphatic heterocycles. The molecule has 5 nitrogen and oxygen atoms in total. The van der Waals surface area contributed by atoms with Crippen molar-refractivity contribution in [2.24, 2.45) is 17.3 Å². The van der Waals surface area contributed by atoms with Gasteiger partial charge in [0.25, 0.3) is 0 Å². The highest BCUT2D eigenvalue weighted by Crippen LogP contribution is 2.70. The van der Waals surface area contributed by atoms with E-state index in [1.54, 1.807) is 5.57 Å². The third-order valence-electron chi connectivity index (χ3n) is 10.3. The van der Waals surface area contributed by atoms with Crippen LogP contribution >= 0.6 is 48.1 Å². The van der Waals surface area contributed by atoms with Gasteiger partial charge in [-0.3, -0.25) is 9.36 Å². The Labute approximate surface area is 268 Å². The van der Waals surface area contributed by atoms with Crippen LogP contribution in [0.25, 0.3) is 0 Å². The lowest BCUT2D eigenvalue weighted by atomic mass is 9.50. The summed E-state index contributed by atoms with van der Waals surface area (Å²) in [5.41, 5.74) is 6.55. The molecule has 0 bridgehead atoms. The number of ketones is 1. The quantitative estimate of drug-likeness (QED) is 0.246. The number of allylic oxidation sites excluding steroid dienone is 4. The molecular formula is C32H51O5PS3. The molecule has 2 saturated carbocycles. The zero-order valence-electron chi connectivity index (χ0n) is 23.2. The summed E-state index contributed by atoms with van der Waals surface area (Å²) in [7, 11) is -0.460. The van der Waals surface area contributed by atoms with Crippen LogP contribution in [0.5, 0.6) is 0 Å². The second-order valence-electron chi connectivity index (χ2n) is 11.5. The van der Waals surface area contributed by atoms with E-state index in [1.165, 1.54) is 42.9 Å². The van der Waals surface area contributed by atoms with Crippen molar-refractivity contribution in [3.63, 3.8) is 0 Å². The predicted octanol–water partition coefficient (Wildman–Crippen LogP) is 8.02. The van der Waals surface area contributed by atoms with Gasteiger partial charge in [0, 0.05) is 32.0 Å². The first-order valence-corrected chi connectivity index (χ1v) is 14.9. The van der Waals surface area contributed by atoms with Gasteiger partial charge in [0.05, 0.1) is 17.5 Å². The standard InChI is InChI=1S/C30H37O5P.2CH4.3H2S/c1-19-14-16-35-30(19)15-13-27-25-11-7-21-17-22(31)8-12-24(21)28(25)26(18-29(27,30)2)20-5-9-23(10-6-20)36(32,33-3)34-4;;;;;/h5-6,9-10,17,25-27H,1,7-8,11-16,18H2,2-4H3;2*1H4;3*1H2/t25-,26+,27-,29-,30+;;;;;/m0...../s1. The van der Waals surface area contributed by atoms with Crippen LogP contribution in [0.1, 0.15) is 84.6 Å². The van der Waals surface area contributed by atoms with Crippen molar-refractivity contribution in [2.45, 2.75) is 84.7 Å². The third-order valence-corrected chi connectivity index (χ3v) is 12.2. The fraction of sp³-hybridized carbons (Fsp3) is 0.594. The Morgan fingerprint density at radius 3 is 2.22 bits per heavy atom. The summed E-state index contributed by atoms with van der Waals surface area (Å²) in [5, 5.41) is 0.572. The first kappa shape index (κ1) is 38.3. The van der Waals surface area contributed by atoms with Crippen molar-refractivity contribution in [2.75, 3.05) is 20.8 Å². The van der Waals surface area contributed by atoms with Gasteiger partial charge in [-0.05, 0) is 97.3 Å². The summed E-state index contributed by atoms with van der Waals surface area (Å²) in [6.45, 7) is 7.75. The molecule has 1 saturated heterocycles. The minimum absolute atomic E-state index is 0. The first-order chi connectivity index (χ1) is 17.3. The van der Waals surface area contributed by atoms with Gasteiger partial charge in [-0.1, -0.05) is 46.1 Å². The maximum atomic E-state index is 13.0. The summed E-state index contributed by atoms with van der Waals surface area (Å²) < 4.78 is 30.1. The van der Waals surface area contributed by atoms with E-state index in [4.69, 9.17) is 13.8 Å². The number of ether oxygens (including phenoxy) is 1. The molecule has 5 atom stereocenters. The molecule has 6 rings (SSSR count). The van der Waals surface area contributed by atoms with E-state index in [2.05, 4.69) is 25.6 Å². The minimum Gasteiger partial charge on any atom is -0.370 e. The Balaban J connectivity index is 0.00000168. The Kier molecular flexibility index (Phi) is 13.0. The SMILES string of the molecule is C.C.C=C1CCO[C@]12CC[C@H]1[C@@H]3CCC4=CC(=O)CCC4=C3[C@@H](c3ccc(P(=O)(OC)OC)cc3)C[C@@]12C.S.S.S. The van der Waals surface area contributed by atoms with Gasteiger partial charge in [-0.2, -0.15) is 40.5 Å². The highest BCUT2D eigenvalue weighted by Gasteiger charge is 2.65. The van der Waals surface area contributed by atoms with Crippen molar-refractivity contribution >= 4 is 59.2 Å². The lowest BCUT2D eigenvalue weighted by molar-refractivity contribution is -0.114. The van der Waals surface area contributed by atoms with Crippen molar-refractivity contribution in [1.29, 1.82) is 0 Å². The Morgan fingerprint density at radius 2 is 1.63 bits per heavy atom. The number of hydrogen-bond donors (Lipinski definition) is 0. The maximum Gasteiger partial charge on any atom is 0.360 e. The highest BCUT2D eigenvalue weighted by molar-refractivity contribution is 7.62. The van der Waals surface area contributed by atoms with E-state index >= 15 is 0 Å².